The SMILES string of the molecule is CCNC(=O)Nc1cc(C#CCO)ccn1. The number of rotatable bonds is 2. The third kappa shape index (κ3) is 3.98. The molecule has 0 aliphatic rings. The number of pyridine rings is 1. The number of hydrogen-bond acceptors (Lipinski definition) is 3. The fraction of sp³-hybridized carbons (Fsp3) is 0.273. The van der Waals surface area contributed by atoms with E-state index in [4.69, 9.17) is 5.11 Å². The van der Waals surface area contributed by atoms with Gasteiger partial charge in [-0.15, -0.1) is 0 Å². The predicted molar refractivity (Wildman–Crippen MR) is 60.9 cm³/mol. The lowest BCUT2D eigenvalue weighted by Gasteiger charge is -2.04. The van der Waals surface area contributed by atoms with Crippen molar-refractivity contribution in [1.29, 1.82) is 0 Å². The van der Waals surface area contributed by atoms with Crippen LogP contribution in [0.1, 0.15) is 12.5 Å². The molecule has 1 aromatic heterocycles. The minimum atomic E-state index is -0.303. The van der Waals surface area contributed by atoms with E-state index >= 15 is 0 Å². The normalized spacial score (nSPS) is 8.88. The van der Waals surface area contributed by atoms with Crippen molar-refractivity contribution in [3.63, 3.8) is 0 Å². The van der Waals surface area contributed by atoms with Crippen LogP contribution in [0, 0.1) is 11.8 Å². The second-order valence-corrected chi connectivity index (χ2v) is 2.87. The number of amides is 2. The van der Waals surface area contributed by atoms with E-state index in [1.165, 1.54) is 0 Å². The third-order valence-electron chi connectivity index (χ3n) is 1.65. The van der Waals surface area contributed by atoms with Crippen molar-refractivity contribution in [2.75, 3.05) is 18.5 Å². The Kier molecular flexibility index (Phi) is 4.83. The highest BCUT2D eigenvalue weighted by atomic mass is 16.2. The summed E-state index contributed by atoms with van der Waals surface area (Å²) in [5.74, 6) is 5.67. The van der Waals surface area contributed by atoms with Gasteiger partial charge in [0.15, 0.2) is 0 Å². The van der Waals surface area contributed by atoms with Gasteiger partial charge in [0, 0.05) is 18.3 Å². The summed E-state index contributed by atoms with van der Waals surface area (Å²) in [6.07, 6.45) is 1.54. The molecule has 3 N–H and O–H groups in total. The van der Waals surface area contributed by atoms with Crippen molar-refractivity contribution >= 4 is 11.8 Å². The average molecular weight is 219 g/mol. The molecule has 0 aliphatic carbocycles. The Morgan fingerprint density at radius 3 is 3.12 bits per heavy atom. The maximum absolute atomic E-state index is 11.2. The first-order valence-corrected chi connectivity index (χ1v) is 4.87. The van der Waals surface area contributed by atoms with Gasteiger partial charge in [0.25, 0.3) is 0 Å². The fourth-order valence-corrected chi connectivity index (χ4v) is 1.04. The molecule has 0 bridgehead atoms. The van der Waals surface area contributed by atoms with Gasteiger partial charge in [-0.1, -0.05) is 11.8 Å². The molecule has 5 heteroatoms. The number of carbonyl (C=O) groups excluding carboxylic acids is 1. The van der Waals surface area contributed by atoms with Crippen LogP contribution in [0.4, 0.5) is 10.6 Å². The molecule has 1 rings (SSSR count). The van der Waals surface area contributed by atoms with Crippen LogP contribution in [0.3, 0.4) is 0 Å². The molecule has 0 saturated carbocycles. The van der Waals surface area contributed by atoms with Gasteiger partial charge in [0.05, 0.1) is 0 Å². The van der Waals surface area contributed by atoms with Gasteiger partial charge >= 0.3 is 6.03 Å². The average Bonchev–Trinajstić information content (AvgIpc) is 2.27. The molecule has 1 aromatic rings. The van der Waals surface area contributed by atoms with E-state index in [2.05, 4.69) is 27.5 Å². The molecule has 0 radical (unpaired) electrons. The highest BCUT2D eigenvalue weighted by Gasteiger charge is 2.00. The standard InChI is InChI=1S/C11H13N3O2/c1-2-12-11(16)14-10-8-9(4-3-7-15)5-6-13-10/h5-6,8,15H,2,7H2,1H3,(H2,12,13,14,16). The van der Waals surface area contributed by atoms with Gasteiger partial charge < -0.3 is 10.4 Å². The molecule has 0 unspecified atom stereocenters. The summed E-state index contributed by atoms with van der Waals surface area (Å²) >= 11 is 0. The molecule has 0 spiro atoms. The lowest BCUT2D eigenvalue weighted by atomic mass is 10.2. The highest BCUT2D eigenvalue weighted by Crippen LogP contribution is 2.05. The van der Waals surface area contributed by atoms with Crippen LogP contribution < -0.4 is 10.6 Å². The van der Waals surface area contributed by atoms with Crippen LogP contribution in [-0.2, 0) is 0 Å². The number of carbonyl (C=O) groups is 1. The molecule has 0 aromatic carbocycles. The van der Waals surface area contributed by atoms with Crippen LogP contribution >= 0.6 is 0 Å². The molecule has 1 heterocycles. The molecule has 0 atom stereocenters. The van der Waals surface area contributed by atoms with E-state index < -0.39 is 0 Å². The first kappa shape index (κ1) is 12.0. The number of nitrogens with one attached hydrogen (secondary N) is 2. The fourth-order valence-electron chi connectivity index (χ4n) is 1.04. The topological polar surface area (TPSA) is 74.2 Å². The Morgan fingerprint density at radius 1 is 1.62 bits per heavy atom. The van der Waals surface area contributed by atoms with Crippen LogP contribution in [0.2, 0.25) is 0 Å². The summed E-state index contributed by atoms with van der Waals surface area (Å²) in [4.78, 5) is 15.2. The van der Waals surface area contributed by atoms with Gasteiger partial charge in [-0.3, -0.25) is 5.32 Å². The number of aromatic nitrogens is 1. The third-order valence-corrected chi connectivity index (χ3v) is 1.65. The second kappa shape index (κ2) is 6.43. The molecule has 84 valence electrons. The van der Waals surface area contributed by atoms with Crippen LogP contribution in [0.25, 0.3) is 0 Å². The van der Waals surface area contributed by atoms with Crippen molar-refractivity contribution in [3.05, 3.63) is 23.9 Å². The van der Waals surface area contributed by atoms with Crippen molar-refractivity contribution in [2.24, 2.45) is 0 Å². The maximum atomic E-state index is 11.2. The van der Waals surface area contributed by atoms with Gasteiger partial charge in [0.2, 0.25) is 0 Å². The lowest BCUT2D eigenvalue weighted by molar-refractivity contribution is 0.252. The summed E-state index contributed by atoms with van der Waals surface area (Å²) in [6, 6.07) is 3.03. The number of urea groups is 1. The second-order valence-electron chi connectivity index (χ2n) is 2.87. The van der Waals surface area contributed by atoms with E-state index in [1.54, 1.807) is 18.3 Å². The van der Waals surface area contributed by atoms with Crippen LogP contribution in [0.5, 0.6) is 0 Å². The van der Waals surface area contributed by atoms with Crippen molar-refractivity contribution in [2.45, 2.75) is 6.92 Å². The van der Waals surface area contributed by atoms with Crippen LogP contribution in [0.15, 0.2) is 18.3 Å². The number of aliphatic hydroxyl groups is 1. The van der Waals surface area contributed by atoms with E-state index in [1.807, 2.05) is 6.92 Å². The zero-order chi connectivity index (χ0) is 11.8. The van der Waals surface area contributed by atoms with Crippen molar-refractivity contribution < 1.29 is 9.90 Å². The largest absolute Gasteiger partial charge is 0.384 e. The Balaban J connectivity index is 2.71. The van der Waals surface area contributed by atoms with E-state index in [0.29, 0.717) is 17.9 Å². The predicted octanol–water partition coefficient (Wildman–Crippen LogP) is 0.567. The summed E-state index contributed by atoms with van der Waals surface area (Å²) in [5.41, 5.74) is 0.691. The monoisotopic (exact) mass is 219 g/mol. The molecule has 0 fully saturated rings. The summed E-state index contributed by atoms with van der Waals surface area (Å²) < 4.78 is 0. The summed E-state index contributed by atoms with van der Waals surface area (Å²) in [6.45, 7) is 2.19. The molecule has 16 heavy (non-hydrogen) atoms. The molecule has 5 nitrogen and oxygen atoms in total. The maximum Gasteiger partial charge on any atom is 0.320 e. The van der Waals surface area contributed by atoms with Gasteiger partial charge in [0.1, 0.15) is 12.4 Å². The minimum Gasteiger partial charge on any atom is -0.384 e. The van der Waals surface area contributed by atoms with Crippen molar-refractivity contribution in [3.8, 4) is 11.8 Å². The zero-order valence-electron chi connectivity index (χ0n) is 8.95. The lowest BCUT2D eigenvalue weighted by Crippen LogP contribution is -2.28. The molecule has 0 aliphatic heterocycles. The van der Waals surface area contributed by atoms with E-state index in [0.717, 1.165) is 0 Å². The first-order chi connectivity index (χ1) is 7.76. The minimum absolute atomic E-state index is 0.193. The van der Waals surface area contributed by atoms with E-state index in [9.17, 15) is 4.79 Å². The number of anilines is 1. The zero-order valence-corrected chi connectivity index (χ0v) is 8.95. The summed E-state index contributed by atoms with van der Waals surface area (Å²) in [5, 5.41) is 13.7. The highest BCUT2D eigenvalue weighted by molar-refractivity contribution is 5.88. The molecule has 0 saturated heterocycles. The van der Waals surface area contributed by atoms with Gasteiger partial charge in [-0.2, -0.15) is 0 Å². The quantitative estimate of drug-likeness (QED) is 0.636. The first-order valence-electron chi connectivity index (χ1n) is 4.87. The number of hydrogen-bond donors (Lipinski definition) is 3. The smallest absolute Gasteiger partial charge is 0.320 e. The number of aliphatic hydroxyl groups excluding tert-OH is 1. The Bertz CT molecular complexity index is 421. The Hall–Kier alpha value is -2.06. The van der Waals surface area contributed by atoms with E-state index in [-0.39, 0.29) is 12.6 Å². The molecular formula is C11H13N3O2. The number of nitrogens with zero attached hydrogens (tertiary/aromatic N) is 1. The Morgan fingerprint density at radius 2 is 2.44 bits per heavy atom. The Labute approximate surface area is 93.9 Å². The van der Waals surface area contributed by atoms with Gasteiger partial charge in [-0.25, -0.2) is 9.78 Å². The molecule has 2 amide bonds. The van der Waals surface area contributed by atoms with Crippen LogP contribution in [-0.4, -0.2) is 29.3 Å². The molecular weight excluding hydrogens is 206 g/mol. The van der Waals surface area contributed by atoms with Crippen molar-refractivity contribution in [1.82, 2.24) is 10.3 Å². The summed E-state index contributed by atoms with van der Waals surface area (Å²) in [7, 11) is 0. The van der Waals surface area contributed by atoms with Gasteiger partial charge in [-0.05, 0) is 19.1 Å².